The highest BCUT2D eigenvalue weighted by Crippen LogP contribution is 2.27. The normalized spacial score (nSPS) is 9.73. The lowest BCUT2D eigenvalue weighted by Gasteiger charge is -2.07. The molecule has 0 unspecified atom stereocenters. The predicted molar refractivity (Wildman–Crippen MR) is 48.4 cm³/mol. The number of hydrogen-bond acceptors (Lipinski definition) is 3. The summed E-state index contributed by atoms with van der Waals surface area (Å²) in [6, 6.07) is 5.90. The Hall–Kier alpha value is -0.670. The highest BCUT2D eigenvalue weighted by atomic mass is 32.2. The summed E-state index contributed by atoms with van der Waals surface area (Å²) >= 11 is 1.61. The summed E-state index contributed by atoms with van der Waals surface area (Å²) < 4.78 is 0. The van der Waals surface area contributed by atoms with Gasteiger partial charge in [-0.25, -0.2) is 0 Å². The van der Waals surface area contributed by atoms with Gasteiger partial charge in [-0.15, -0.1) is 11.8 Å². The third-order valence-corrected chi connectivity index (χ3v) is 2.35. The van der Waals surface area contributed by atoms with Crippen LogP contribution in [0.1, 0.15) is 5.56 Å². The second kappa shape index (κ2) is 3.64. The first-order valence-corrected chi connectivity index (χ1v) is 4.55. The molecule has 0 aliphatic heterocycles. The topological polar surface area (TPSA) is 32.3 Å². The largest absolute Gasteiger partial charge is 0.291 e. The number of anilines is 1. The van der Waals surface area contributed by atoms with E-state index in [9.17, 15) is 0 Å². The van der Waals surface area contributed by atoms with Gasteiger partial charge in [0.25, 0.3) is 0 Å². The average Bonchev–Trinajstić information content (AvgIpc) is 2.04. The number of thioether (sulfide) groups is 1. The Labute approximate surface area is 70.6 Å². The van der Waals surface area contributed by atoms with E-state index in [-0.39, 0.29) is 0 Å². The van der Waals surface area contributed by atoms with Crippen molar-refractivity contribution in [2.24, 2.45) is 0 Å². The maximum Gasteiger partial charge on any atom is 0.0766 e. The van der Waals surface area contributed by atoms with Gasteiger partial charge in [0.2, 0.25) is 0 Å². The minimum Gasteiger partial charge on any atom is -0.291 e. The molecule has 1 aromatic rings. The van der Waals surface area contributed by atoms with Crippen molar-refractivity contribution in [3.05, 3.63) is 23.8 Å². The monoisotopic (exact) mass is 169 g/mol. The zero-order chi connectivity index (χ0) is 8.27. The Morgan fingerprint density at radius 3 is 2.64 bits per heavy atom. The summed E-state index contributed by atoms with van der Waals surface area (Å²) in [5.74, 6) is 0. The lowest BCUT2D eigenvalue weighted by Crippen LogP contribution is -1.94. The summed E-state index contributed by atoms with van der Waals surface area (Å²) in [4.78, 5) is 1.06. The van der Waals surface area contributed by atoms with Crippen LogP contribution in [-0.2, 0) is 0 Å². The van der Waals surface area contributed by atoms with E-state index in [1.165, 1.54) is 0 Å². The first-order chi connectivity index (χ1) is 5.29. The SMILES string of the molecule is CSc1cccc(C)c1NO. The molecule has 0 spiro atoms. The second-order valence-electron chi connectivity index (χ2n) is 2.26. The molecule has 60 valence electrons. The molecule has 0 amide bonds. The summed E-state index contributed by atoms with van der Waals surface area (Å²) in [7, 11) is 0. The van der Waals surface area contributed by atoms with Crippen molar-refractivity contribution < 1.29 is 5.21 Å². The first kappa shape index (κ1) is 8.43. The summed E-state index contributed by atoms with van der Waals surface area (Å²) in [5, 5.41) is 8.77. The molecular weight excluding hydrogens is 158 g/mol. The van der Waals surface area contributed by atoms with Crippen LogP contribution in [0.3, 0.4) is 0 Å². The maximum absolute atomic E-state index is 8.77. The first-order valence-electron chi connectivity index (χ1n) is 3.33. The molecular formula is C8H11NOS. The minimum atomic E-state index is 0.806. The van der Waals surface area contributed by atoms with Crippen LogP contribution < -0.4 is 5.48 Å². The van der Waals surface area contributed by atoms with Gasteiger partial charge < -0.3 is 0 Å². The Balaban J connectivity index is 3.13. The molecule has 0 aliphatic rings. The molecule has 1 rings (SSSR count). The van der Waals surface area contributed by atoms with Crippen molar-refractivity contribution in [3.8, 4) is 0 Å². The Bertz CT molecular complexity index is 250. The summed E-state index contributed by atoms with van der Waals surface area (Å²) in [6.45, 7) is 1.96. The number of hydrogen-bond donors (Lipinski definition) is 2. The molecule has 0 radical (unpaired) electrons. The van der Waals surface area contributed by atoms with E-state index in [0.29, 0.717) is 0 Å². The molecule has 0 atom stereocenters. The predicted octanol–water partition coefficient (Wildman–Crippen LogP) is 2.52. The van der Waals surface area contributed by atoms with E-state index >= 15 is 0 Å². The molecule has 2 nitrogen and oxygen atoms in total. The molecule has 0 heterocycles. The standard InChI is InChI=1S/C8H11NOS/c1-6-4-3-5-7(11-2)8(6)9-10/h3-5,9-10H,1-2H3. The summed E-state index contributed by atoms with van der Waals surface area (Å²) in [6.07, 6.45) is 1.98. The molecule has 11 heavy (non-hydrogen) atoms. The Morgan fingerprint density at radius 1 is 1.45 bits per heavy atom. The van der Waals surface area contributed by atoms with Crippen LogP contribution in [0.4, 0.5) is 5.69 Å². The maximum atomic E-state index is 8.77. The van der Waals surface area contributed by atoms with Crippen molar-refractivity contribution in [3.63, 3.8) is 0 Å². The summed E-state index contributed by atoms with van der Waals surface area (Å²) in [5.41, 5.74) is 4.05. The second-order valence-corrected chi connectivity index (χ2v) is 3.11. The van der Waals surface area contributed by atoms with Crippen LogP contribution >= 0.6 is 11.8 Å². The van der Waals surface area contributed by atoms with Crippen LogP contribution in [-0.4, -0.2) is 11.5 Å². The third-order valence-electron chi connectivity index (χ3n) is 1.57. The molecule has 0 aliphatic carbocycles. The lowest BCUT2D eigenvalue weighted by molar-refractivity contribution is 0.386. The van der Waals surface area contributed by atoms with Crippen LogP contribution in [0.5, 0.6) is 0 Å². The van der Waals surface area contributed by atoms with E-state index < -0.39 is 0 Å². The fourth-order valence-corrected chi connectivity index (χ4v) is 1.58. The molecule has 1 aromatic carbocycles. The van der Waals surface area contributed by atoms with Gasteiger partial charge in [-0.05, 0) is 24.8 Å². The molecule has 0 fully saturated rings. The average molecular weight is 169 g/mol. The van der Waals surface area contributed by atoms with Gasteiger partial charge in [-0.3, -0.25) is 10.7 Å². The van der Waals surface area contributed by atoms with Gasteiger partial charge in [0.1, 0.15) is 0 Å². The number of rotatable bonds is 2. The number of nitrogens with one attached hydrogen (secondary N) is 1. The Kier molecular flexibility index (Phi) is 2.79. The van der Waals surface area contributed by atoms with Crippen molar-refractivity contribution in [1.82, 2.24) is 0 Å². The fourth-order valence-electron chi connectivity index (χ4n) is 0.954. The molecule has 0 saturated carbocycles. The lowest BCUT2D eigenvalue weighted by atomic mass is 10.2. The third kappa shape index (κ3) is 1.67. The van der Waals surface area contributed by atoms with Crippen molar-refractivity contribution in [2.75, 3.05) is 11.7 Å². The fraction of sp³-hybridized carbons (Fsp3) is 0.250. The highest BCUT2D eigenvalue weighted by Gasteiger charge is 2.01. The van der Waals surface area contributed by atoms with Crippen LogP contribution in [0, 0.1) is 6.92 Å². The zero-order valence-electron chi connectivity index (χ0n) is 6.59. The molecule has 0 bridgehead atoms. The molecule has 0 aromatic heterocycles. The van der Waals surface area contributed by atoms with Gasteiger partial charge >= 0.3 is 0 Å². The van der Waals surface area contributed by atoms with E-state index in [0.717, 1.165) is 16.1 Å². The smallest absolute Gasteiger partial charge is 0.0766 e. The van der Waals surface area contributed by atoms with E-state index in [2.05, 4.69) is 5.48 Å². The Morgan fingerprint density at radius 2 is 2.18 bits per heavy atom. The number of para-hydroxylation sites is 1. The molecule has 2 N–H and O–H groups in total. The number of aryl methyl sites for hydroxylation is 1. The van der Waals surface area contributed by atoms with Gasteiger partial charge in [0.15, 0.2) is 0 Å². The van der Waals surface area contributed by atoms with Crippen molar-refractivity contribution >= 4 is 17.4 Å². The zero-order valence-corrected chi connectivity index (χ0v) is 7.40. The molecule has 3 heteroatoms. The van der Waals surface area contributed by atoms with E-state index in [4.69, 9.17) is 5.21 Å². The van der Waals surface area contributed by atoms with Gasteiger partial charge in [0.05, 0.1) is 5.69 Å². The van der Waals surface area contributed by atoms with E-state index in [1.54, 1.807) is 11.8 Å². The van der Waals surface area contributed by atoms with Crippen LogP contribution in [0.15, 0.2) is 23.1 Å². The van der Waals surface area contributed by atoms with Crippen molar-refractivity contribution in [1.29, 1.82) is 0 Å². The minimum absolute atomic E-state index is 0.806. The van der Waals surface area contributed by atoms with Gasteiger partial charge in [-0.1, -0.05) is 12.1 Å². The molecule has 0 saturated heterocycles. The van der Waals surface area contributed by atoms with E-state index in [1.807, 2.05) is 31.4 Å². The number of benzene rings is 1. The quantitative estimate of drug-likeness (QED) is 0.527. The highest BCUT2D eigenvalue weighted by molar-refractivity contribution is 7.98. The van der Waals surface area contributed by atoms with Gasteiger partial charge in [-0.2, -0.15) is 0 Å². The van der Waals surface area contributed by atoms with Crippen LogP contribution in [0.2, 0.25) is 0 Å². The van der Waals surface area contributed by atoms with Gasteiger partial charge in [0, 0.05) is 4.90 Å². The van der Waals surface area contributed by atoms with Crippen molar-refractivity contribution in [2.45, 2.75) is 11.8 Å². The van der Waals surface area contributed by atoms with Crippen LogP contribution in [0.25, 0.3) is 0 Å².